The van der Waals surface area contributed by atoms with Crippen LogP contribution in [-0.2, 0) is 27.1 Å². The highest BCUT2D eigenvalue weighted by Crippen LogP contribution is 2.24. The summed E-state index contributed by atoms with van der Waals surface area (Å²) in [5.41, 5.74) is 5.26. The summed E-state index contributed by atoms with van der Waals surface area (Å²) < 4.78 is 11.0. The predicted octanol–water partition coefficient (Wildman–Crippen LogP) is 4.93. The second-order valence-electron chi connectivity index (χ2n) is 8.30. The predicted molar refractivity (Wildman–Crippen MR) is 133 cm³/mol. The molecule has 4 rings (SSSR count). The highest BCUT2D eigenvalue weighted by Gasteiger charge is 2.41. The van der Waals surface area contributed by atoms with E-state index in [9.17, 15) is 9.59 Å². The number of imide groups is 1. The third kappa shape index (κ3) is 5.46. The standard InChI is InChI=1S/C28H30N2O4/c1-3-33-26(17-21-12-14-22(15-13-21)23-10-7-11-24(18-23)29-2)27(31)30-25(19-34-28(30)32)16-20-8-5-4-6-9-20/h4-15,18,25-26,29H,3,16-17,19H2,1-2H3. The fourth-order valence-electron chi connectivity index (χ4n) is 4.24. The third-order valence-electron chi connectivity index (χ3n) is 6.02. The van der Waals surface area contributed by atoms with Gasteiger partial charge in [-0.3, -0.25) is 4.79 Å². The van der Waals surface area contributed by atoms with Crippen LogP contribution in [0.15, 0.2) is 78.9 Å². The molecule has 2 atom stereocenters. The molecule has 0 bridgehead atoms. The van der Waals surface area contributed by atoms with Gasteiger partial charge in [0.2, 0.25) is 0 Å². The number of nitrogens with one attached hydrogen (secondary N) is 1. The zero-order chi connectivity index (χ0) is 23.9. The number of benzene rings is 3. The average molecular weight is 459 g/mol. The van der Waals surface area contributed by atoms with Crippen molar-refractivity contribution in [2.24, 2.45) is 0 Å². The Bertz CT molecular complexity index is 1110. The van der Waals surface area contributed by atoms with Crippen molar-refractivity contribution < 1.29 is 19.1 Å². The first-order valence-corrected chi connectivity index (χ1v) is 11.6. The molecule has 1 aliphatic rings. The van der Waals surface area contributed by atoms with Gasteiger partial charge in [0.1, 0.15) is 12.7 Å². The van der Waals surface area contributed by atoms with Crippen LogP contribution in [0.1, 0.15) is 18.1 Å². The Balaban J connectivity index is 1.48. The first-order chi connectivity index (χ1) is 16.6. The van der Waals surface area contributed by atoms with Crippen LogP contribution in [0.2, 0.25) is 0 Å². The van der Waals surface area contributed by atoms with E-state index >= 15 is 0 Å². The molecule has 3 aromatic rings. The molecule has 1 fully saturated rings. The molecule has 34 heavy (non-hydrogen) atoms. The number of carbonyl (C=O) groups is 2. The van der Waals surface area contributed by atoms with E-state index in [1.807, 2.05) is 80.7 Å². The highest BCUT2D eigenvalue weighted by molar-refractivity contribution is 5.96. The lowest BCUT2D eigenvalue weighted by atomic mass is 10.00. The normalized spacial score (nSPS) is 16.2. The fourth-order valence-corrected chi connectivity index (χ4v) is 4.24. The zero-order valence-corrected chi connectivity index (χ0v) is 19.6. The average Bonchev–Trinajstić information content (AvgIpc) is 3.24. The molecule has 2 amide bonds. The summed E-state index contributed by atoms with van der Waals surface area (Å²) in [5, 5.41) is 3.15. The summed E-state index contributed by atoms with van der Waals surface area (Å²) in [6, 6.07) is 25.7. The van der Waals surface area contributed by atoms with Crippen molar-refractivity contribution >= 4 is 17.7 Å². The number of cyclic esters (lactones) is 1. The van der Waals surface area contributed by atoms with E-state index in [0.717, 1.165) is 27.9 Å². The van der Waals surface area contributed by atoms with E-state index in [1.54, 1.807) is 0 Å². The molecule has 6 nitrogen and oxygen atoms in total. The van der Waals surface area contributed by atoms with Gasteiger partial charge in [0.05, 0.1) is 6.04 Å². The van der Waals surface area contributed by atoms with Gasteiger partial charge in [0.25, 0.3) is 5.91 Å². The Labute approximate surface area is 200 Å². The Morgan fingerprint density at radius 3 is 2.50 bits per heavy atom. The topological polar surface area (TPSA) is 67.9 Å². The maximum absolute atomic E-state index is 13.4. The largest absolute Gasteiger partial charge is 0.447 e. The van der Waals surface area contributed by atoms with Crippen molar-refractivity contribution in [2.45, 2.75) is 31.9 Å². The summed E-state index contributed by atoms with van der Waals surface area (Å²) in [7, 11) is 1.90. The number of rotatable bonds is 9. The van der Waals surface area contributed by atoms with Gasteiger partial charge in [-0.25, -0.2) is 9.69 Å². The van der Waals surface area contributed by atoms with Crippen LogP contribution in [0, 0.1) is 0 Å². The SMILES string of the molecule is CCOC(Cc1ccc(-c2cccc(NC)c2)cc1)C(=O)N1C(=O)OCC1Cc1ccccc1. The summed E-state index contributed by atoms with van der Waals surface area (Å²) >= 11 is 0. The van der Waals surface area contributed by atoms with Gasteiger partial charge in [0, 0.05) is 25.8 Å². The van der Waals surface area contributed by atoms with Gasteiger partial charge in [-0.2, -0.15) is 0 Å². The molecule has 0 spiro atoms. The number of hydrogen-bond donors (Lipinski definition) is 1. The van der Waals surface area contributed by atoms with Gasteiger partial charge < -0.3 is 14.8 Å². The summed E-state index contributed by atoms with van der Waals surface area (Å²) in [6.07, 6.45) is -0.425. The number of hydrogen-bond acceptors (Lipinski definition) is 5. The van der Waals surface area contributed by atoms with E-state index in [2.05, 4.69) is 17.4 Å². The molecular formula is C28H30N2O4. The Hall–Kier alpha value is -3.64. The van der Waals surface area contributed by atoms with Gasteiger partial charge in [-0.1, -0.05) is 66.7 Å². The monoisotopic (exact) mass is 458 g/mol. The van der Waals surface area contributed by atoms with Crippen LogP contribution in [0.4, 0.5) is 10.5 Å². The molecule has 1 N–H and O–H groups in total. The van der Waals surface area contributed by atoms with Crippen molar-refractivity contribution in [1.82, 2.24) is 4.90 Å². The molecule has 1 aliphatic heterocycles. The fraction of sp³-hybridized carbons (Fsp3) is 0.286. The minimum absolute atomic E-state index is 0.193. The molecule has 6 heteroatoms. The molecule has 1 saturated heterocycles. The van der Waals surface area contributed by atoms with E-state index in [4.69, 9.17) is 9.47 Å². The third-order valence-corrected chi connectivity index (χ3v) is 6.02. The molecule has 0 saturated carbocycles. The molecule has 0 radical (unpaired) electrons. The molecule has 0 aromatic heterocycles. The molecule has 0 aliphatic carbocycles. The van der Waals surface area contributed by atoms with Crippen LogP contribution < -0.4 is 5.32 Å². The molecule has 176 valence electrons. The molecule has 2 unspecified atom stereocenters. The maximum atomic E-state index is 13.4. The van der Waals surface area contributed by atoms with E-state index in [0.29, 0.717) is 19.4 Å². The summed E-state index contributed by atoms with van der Waals surface area (Å²) in [5.74, 6) is -0.351. The second-order valence-corrected chi connectivity index (χ2v) is 8.30. The van der Waals surface area contributed by atoms with Crippen LogP contribution in [0.5, 0.6) is 0 Å². The molecule has 3 aromatic carbocycles. The second kappa shape index (κ2) is 11.0. The summed E-state index contributed by atoms with van der Waals surface area (Å²) in [4.78, 5) is 27.1. The van der Waals surface area contributed by atoms with Gasteiger partial charge in [-0.05, 0) is 47.7 Å². The van der Waals surface area contributed by atoms with Crippen molar-refractivity contribution in [3.05, 3.63) is 90.0 Å². The number of nitrogens with zero attached hydrogens (tertiary/aromatic N) is 1. The summed E-state index contributed by atoms with van der Waals surface area (Å²) in [6.45, 7) is 2.41. The minimum Gasteiger partial charge on any atom is -0.447 e. The molecular weight excluding hydrogens is 428 g/mol. The van der Waals surface area contributed by atoms with Crippen molar-refractivity contribution in [3.63, 3.8) is 0 Å². The Kier molecular flexibility index (Phi) is 7.60. The van der Waals surface area contributed by atoms with Gasteiger partial charge in [0.15, 0.2) is 0 Å². The van der Waals surface area contributed by atoms with E-state index < -0.39 is 12.2 Å². The lowest BCUT2D eigenvalue weighted by Crippen LogP contribution is -2.47. The number of ether oxygens (including phenoxy) is 2. The number of anilines is 1. The van der Waals surface area contributed by atoms with Crippen molar-refractivity contribution in [2.75, 3.05) is 25.6 Å². The lowest BCUT2D eigenvalue weighted by Gasteiger charge is -2.25. The first kappa shape index (κ1) is 23.5. The van der Waals surface area contributed by atoms with Gasteiger partial charge in [-0.15, -0.1) is 0 Å². The Morgan fingerprint density at radius 1 is 1.03 bits per heavy atom. The van der Waals surface area contributed by atoms with Crippen LogP contribution in [0.3, 0.4) is 0 Å². The van der Waals surface area contributed by atoms with Crippen molar-refractivity contribution in [3.8, 4) is 11.1 Å². The number of carbonyl (C=O) groups excluding carboxylic acids is 2. The van der Waals surface area contributed by atoms with Crippen LogP contribution in [-0.4, -0.2) is 49.3 Å². The first-order valence-electron chi connectivity index (χ1n) is 11.6. The quantitative estimate of drug-likeness (QED) is 0.492. The van der Waals surface area contributed by atoms with Crippen LogP contribution in [0.25, 0.3) is 11.1 Å². The minimum atomic E-state index is -0.757. The van der Waals surface area contributed by atoms with E-state index in [-0.39, 0.29) is 18.6 Å². The zero-order valence-electron chi connectivity index (χ0n) is 19.6. The smallest absolute Gasteiger partial charge is 0.417 e. The maximum Gasteiger partial charge on any atom is 0.417 e. The van der Waals surface area contributed by atoms with Crippen molar-refractivity contribution in [1.29, 1.82) is 0 Å². The van der Waals surface area contributed by atoms with Gasteiger partial charge >= 0.3 is 6.09 Å². The molecule has 1 heterocycles. The number of amides is 2. The van der Waals surface area contributed by atoms with E-state index in [1.165, 1.54) is 4.90 Å². The van der Waals surface area contributed by atoms with Crippen LogP contribution >= 0.6 is 0 Å². The lowest BCUT2D eigenvalue weighted by molar-refractivity contribution is -0.141. The Morgan fingerprint density at radius 2 is 1.79 bits per heavy atom. The highest BCUT2D eigenvalue weighted by atomic mass is 16.6.